The number of nitrogens with zero attached hydrogens (tertiary/aromatic N) is 3. The predicted molar refractivity (Wildman–Crippen MR) is 95.7 cm³/mol. The molecule has 3 rings (SSSR count). The maximum absolute atomic E-state index is 11.2. The van der Waals surface area contributed by atoms with Crippen molar-refractivity contribution in [2.45, 2.75) is 45.9 Å². The molecule has 1 aromatic carbocycles. The predicted octanol–water partition coefficient (Wildman–Crippen LogP) is 2.80. The van der Waals surface area contributed by atoms with Gasteiger partial charge in [-0.2, -0.15) is 5.10 Å². The van der Waals surface area contributed by atoms with E-state index in [9.17, 15) is 4.79 Å². The first-order valence-electron chi connectivity index (χ1n) is 8.51. The van der Waals surface area contributed by atoms with Crippen LogP contribution in [-0.4, -0.2) is 44.9 Å². The summed E-state index contributed by atoms with van der Waals surface area (Å²) in [5.41, 5.74) is 3.76. The molecule has 0 radical (unpaired) electrons. The highest BCUT2D eigenvalue weighted by Gasteiger charge is 2.25. The van der Waals surface area contributed by atoms with Gasteiger partial charge in [-0.1, -0.05) is 0 Å². The first kappa shape index (κ1) is 17.5. The lowest BCUT2D eigenvalue weighted by atomic mass is 10.0. The fourth-order valence-corrected chi connectivity index (χ4v) is 3.15. The number of rotatable bonds is 4. The summed E-state index contributed by atoms with van der Waals surface area (Å²) in [6, 6.07) is 7.86. The second-order valence-electron chi connectivity index (χ2n) is 7.55. The summed E-state index contributed by atoms with van der Waals surface area (Å²) in [4.78, 5) is 13.4. The van der Waals surface area contributed by atoms with Gasteiger partial charge in [0, 0.05) is 36.3 Å². The molecule has 2 aromatic rings. The van der Waals surface area contributed by atoms with Gasteiger partial charge < -0.3 is 14.7 Å². The van der Waals surface area contributed by atoms with Crippen LogP contribution in [-0.2, 0) is 24.3 Å². The van der Waals surface area contributed by atoms with Crippen molar-refractivity contribution in [1.82, 2.24) is 14.7 Å². The van der Waals surface area contributed by atoms with Crippen LogP contribution in [0, 0.1) is 0 Å². The van der Waals surface area contributed by atoms with Crippen LogP contribution >= 0.6 is 0 Å². The quantitative estimate of drug-likeness (QED) is 0.924. The Morgan fingerprint density at radius 3 is 2.56 bits per heavy atom. The Morgan fingerprint density at radius 1 is 1.28 bits per heavy atom. The van der Waals surface area contributed by atoms with E-state index in [0.717, 1.165) is 47.8 Å². The molecule has 6 heteroatoms. The second kappa shape index (κ2) is 6.52. The normalized spacial score (nSPS) is 15.0. The van der Waals surface area contributed by atoms with E-state index in [1.807, 2.05) is 45.0 Å². The van der Waals surface area contributed by atoms with Crippen molar-refractivity contribution >= 4 is 5.97 Å². The van der Waals surface area contributed by atoms with Crippen molar-refractivity contribution in [3.8, 4) is 17.0 Å². The average Bonchev–Trinajstić information content (AvgIpc) is 2.83. The summed E-state index contributed by atoms with van der Waals surface area (Å²) >= 11 is 0. The minimum Gasteiger partial charge on any atom is -0.488 e. The van der Waals surface area contributed by atoms with Gasteiger partial charge in [0.05, 0.1) is 5.69 Å². The van der Waals surface area contributed by atoms with Crippen molar-refractivity contribution < 1.29 is 14.6 Å². The second-order valence-corrected chi connectivity index (χ2v) is 7.55. The zero-order valence-corrected chi connectivity index (χ0v) is 15.2. The lowest BCUT2D eigenvalue weighted by Gasteiger charge is -2.23. The summed E-state index contributed by atoms with van der Waals surface area (Å²) in [7, 11) is 2.07. The van der Waals surface area contributed by atoms with Crippen LogP contribution in [0.5, 0.6) is 5.75 Å². The van der Waals surface area contributed by atoms with E-state index < -0.39 is 5.97 Å². The van der Waals surface area contributed by atoms with Crippen LogP contribution in [0.25, 0.3) is 11.3 Å². The number of aliphatic carboxylic acids is 1. The standard InChI is InChI=1S/C19H25N3O3/c1-19(2,3)25-14-7-5-13(6-8-14)18-15-11-21(4)10-9-16(15)22(20-18)12-17(23)24/h5-8H,9-12H2,1-4H3,(H,23,24). The maximum atomic E-state index is 11.2. The van der Waals surface area contributed by atoms with Gasteiger partial charge in [-0.05, 0) is 52.1 Å². The Morgan fingerprint density at radius 2 is 1.96 bits per heavy atom. The van der Waals surface area contributed by atoms with Gasteiger partial charge in [0.25, 0.3) is 0 Å². The SMILES string of the molecule is CN1CCc2c(c(-c3ccc(OC(C)(C)C)cc3)nn2CC(=O)O)C1. The average molecular weight is 343 g/mol. The number of aromatic nitrogens is 2. The first-order chi connectivity index (χ1) is 11.7. The molecule has 1 aliphatic heterocycles. The molecule has 6 nitrogen and oxygen atoms in total. The zero-order valence-electron chi connectivity index (χ0n) is 15.2. The molecule has 0 spiro atoms. The van der Waals surface area contributed by atoms with Gasteiger partial charge in [-0.25, -0.2) is 0 Å². The highest BCUT2D eigenvalue weighted by Crippen LogP contribution is 2.31. The van der Waals surface area contributed by atoms with Crippen LogP contribution in [0.4, 0.5) is 0 Å². The number of hydrogen-bond donors (Lipinski definition) is 1. The molecule has 0 atom stereocenters. The monoisotopic (exact) mass is 343 g/mol. The van der Waals surface area contributed by atoms with Crippen molar-refractivity contribution in [1.29, 1.82) is 0 Å². The molecule has 0 unspecified atom stereocenters. The van der Waals surface area contributed by atoms with E-state index in [0.29, 0.717) is 0 Å². The van der Waals surface area contributed by atoms with Crippen LogP contribution in [0.2, 0.25) is 0 Å². The van der Waals surface area contributed by atoms with E-state index in [1.54, 1.807) is 4.68 Å². The Bertz CT molecular complexity index is 772. The van der Waals surface area contributed by atoms with E-state index in [-0.39, 0.29) is 12.1 Å². The highest BCUT2D eigenvalue weighted by molar-refractivity contribution is 5.69. The number of hydrogen-bond acceptors (Lipinski definition) is 4. The van der Waals surface area contributed by atoms with Crippen molar-refractivity contribution in [3.05, 3.63) is 35.5 Å². The zero-order chi connectivity index (χ0) is 18.2. The van der Waals surface area contributed by atoms with Gasteiger partial charge in [0.15, 0.2) is 0 Å². The number of carboxylic acid groups (broad SMARTS) is 1. The molecule has 0 aliphatic carbocycles. The van der Waals surface area contributed by atoms with E-state index in [1.165, 1.54) is 0 Å². The van der Waals surface area contributed by atoms with Gasteiger partial charge in [-0.3, -0.25) is 9.48 Å². The molecular weight excluding hydrogens is 318 g/mol. The number of carboxylic acids is 1. The van der Waals surface area contributed by atoms with Crippen molar-refractivity contribution in [2.75, 3.05) is 13.6 Å². The molecular formula is C19H25N3O3. The molecule has 1 aromatic heterocycles. The van der Waals surface area contributed by atoms with Gasteiger partial charge in [0.1, 0.15) is 17.9 Å². The molecule has 0 fully saturated rings. The largest absolute Gasteiger partial charge is 0.488 e. The molecule has 134 valence electrons. The van der Waals surface area contributed by atoms with Gasteiger partial charge >= 0.3 is 5.97 Å². The lowest BCUT2D eigenvalue weighted by Crippen LogP contribution is -2.28. The van der Waals surface area contributed by atoms with Gasteiger partial charge in [0.2, 0.25) is 0 Å². The highest BCUT2D eigenvalue weighted by atomic mass is 16.5. The van der Waals surface area contributed by atoms with Crippen LogP contribution in [0.15, 0.2) is 24.3 Å². The molecule has 1 N–H and O–H groups in total. The van der Waals surface area contributed by atoms with Crippen molar-refractivity contribution in [2.24, 2.45) is 0 Å². The topological polar surface area (TPSA) is 67.6 Å². The summed E-state index contributed by atoms with van der Waals surface area (Å²) < 4.78 is 7.51. The number of fused-ring (bicyclic) bond motifs is 1. The summed E-state index contributed by atoms with van der Waals surface area (Å²) in [5, 5.41) is 13.8. The third kappa shape index (κ3) is 4.02. The Hall–Kier alpha value is -2.34. The molecule has 1 aliphatic rings. The smallest absolute Gasteiger partial charge is 0.325 e. The molecule has 0 amide bonds. The fourth-order valence-electron chi connectivity index (χ4n) is 3.15. The summed E-state index contributed by atoms with van der Waals surface area (Å²) in [6.07, 6.45) is 0.817. The van der Waals surface area contributed by atoms with Crippen LogP contribution in [0.3, 0.4) is 0 Å². The van der Waals surface area contributed by atoms with E-state index >= 15 is 0 Å². The maximum Gasteiger partial charge on any atom is 0.325 e. The Balaban J connectivity index is 1.96. The van der Waals surface area contributed by atoms with E-state index in [4.69, 9.17) is 9.84 Å². The van der Waals surface area contributed by atoms with Gasteiger partial charge in [-0.15, -0.1) is 0 Å². The third-order valence-corrected chi connectivity index (χ3v) is 4.16. The minimum atomic E-state index is -0.871. The first-order valence-corrected chi connectivity index (χ1v) is 8.51. The molecule has 0 saturated carbocycles. The molecule has 2 heterocycles. The number of ether oxygens (including phenoxy) is 1. The molecule has 25 heavy (non-hydrogen) atoms. The molecule has 0 saturated heterocycles. The number of carbonyl (C=O) groups is 1. The fraction of sp³-hybridized carbons (Fsp3) is 0.474. The molecule has 0 bridgehead atoms. The summed E-state index contributed by atoms with van der Waals surface area (Å²) in [6.45, 7) is 7.64. The lowest BCUT2D eigenvalue weighted by molar-refractivity contribution is -0.137. The minimum absolute atomic E-state index is 0.0999. The summed E-state index contributed by atoms with van der Waals surface area (Å²) in [5.74, 6) is -0.0584. The number of likely N-dealkylation sites (N-methyl/N-ethyl adjacent to an activating group) is 1. The Labute approximate surface area is 148 Å². The Kier molecular flexibility index (Phi) is 4.56. The number of benzene rings is 1. The van der Waals surface area contributed by atoms with Crippen molar-refractivity contribution in [3.63, 3.8) is 0 Å². The van der Waals surface area contributed by atoms with E-state index in [2.05, 4.69) is 17.0 Å². The van der Waals surface area contributed by atoms with Crippen LogP contribution in [0.1, 0.15) is 32.0 Å². The van der Waals surface area contributed by atoms with Crippen LogP contribution < -0.4 is 4.74 Å². The third-order valence-electron chi connectivity index (χ3n) is 4.16.